The third-order valence-electron chi connectivity index (χ3n) is 4.21. The molecule has 0 aromatic rings. The van der Waals surface area contributed by atoms with Crippen molar-refractivity contribution in [2.75, 3.05) is 32.7 Å². The summed E-state index contributed by atoms with van der Waals surface area (Å²) in [6.45, 7) is 13.3. The van der Waals surface area contributed by atoms with Crippen LogP contribution in [0.2, 0.25) is 0 Å². The topological polar surface area (TPSA) is 15.3 Å². The molecular weight excluding hydrogens is 196 g/mol. The molecule has 1 saturated carbocycles. The molecule has 1 unspecified atom stereocenters. The van der Waals surface area contributed by atoms with Crippen molar-refractivity contribution in [1.82, 2.24) is 10.2 Å². The Morgan fingerprint density at radius 1 is 1.19 bits per heavy atom. The van der Waals surface area contributed by atoms with Gasteiger partial charge in [-0.1, -0.05) is 12.2 Å². The Morgan fingerprint density at radius 3 is 2.38 bits per heavy atom. The van der Waals surface area contributed by atoms with Crippen molar-refractivity contribution in [2.24, 2.45) is 11.3 Å². The molecule has 2 aliphatic rings. The fourth-order valence-electron chi connectivity index (χ4n) is 3.13. The number of rotatable bonds is 6. The minimum atomic E-state index is 0.700. The van der Waals surface area contributed by atoms with Crippen LogP contribution < -0.4 is 5.32 Å². The molecular formula is C14H24N2. The fraction of sp³-hybridized carbons (Fsp3) is 0.714. The van der Waals surface area contributed by atoms with E-state index in [-0.39, 0.29) is 0 Å². The molecule has 1 aliphatic carbocycles. The summed E-state index contributed by atoms with van der Waals surface area (Å²) in [6, 6.07) is 0. The Bertz CT molecular complexity index is 243. The first kappa shape index (κ1) is 11.9. The quantitative estimate of drug-likeness (QED) is 0.689. The van der Waals surface area contributed by atoms with Crippen LogP contribution in [0.4, 0.5) is 0 Å². The van der Waals surface area contributed by atoms with E-state index in [9.17, 15) is 0 Å². The molecule has 0 aromatic heterocycles. The van der Waals surface area contributed by atoms with Gasteiger partial charge in [-0.3, -0.25) is 4.90 Å². The first-order valence-electron chi connectivity index (χ1n) is 6.45. The van der Waals surface area contributed by atoms with Crippen LogP contribution in [-0.2, 0) is 0 Å². The summed E-state index contributed by atoms with van der Waals surface area (Å²) in [5, 5.41) is 3.46. The zero-order chi connectivity index (χ0) is 11.4. The summed E-state index contributed by atoms with van der Waals surface area (Å²) in [4.78, 5) is 2.46. The van der Waals surface area contributed by atoms with E-state index < -0.39 is 0 Å². The van der Waals surface area contributed by atoms with E-state index in [4.69, 9.17) is 0 Å². The van der Waals surface area contributed by atoms with Crippen molar-refractivity contribution in [3.05, 3.63) is 25.3 Å². The molecule has 0 amide bonds. The Morgan fingerprint density at radius 2 is 1.81 bits per heavy atom. The van der Waals surface area contributed by atoms with E-state index >= 15 is 0 Å². The van der Waals surface area contributed by atoms with E-state index in [1.165, 1.54) is 38.9 Å². The summed E-state index contributed by atoms with van der Waals surface area (Å²) in [5.41, 5.74) is 0.700. The average molecular weight is 220 g/mol. The van der Waals surface area contributed by atoms with Crippen molar-refractivity contribution in [3.8, 4) is 0 Å². The highest BCUT2D eigenvalue weighted by molar-refractivity contribution is 5.05. The Kier molecular flexibility index (Phi) is 3.82. The van der Waals surface area contributed by atoms with Gasteiger partial charge in [-0.25, -0.2) is 0 Å². The largest absolute Gasteiger partial charge is 0.317 e. The van der Waals surface area contributed by atoms with Crippen LogP contribution in [0, 0.1) is 11.3 Å². The highest BCUT2D eigenvalue weighted by atomic mass is 15.1. The molecule has 2 nitrogen and oxygen atoms in total. The molecule has 1 aliphatic heterocycles. The Hall–Kier alpha value is -0.600. The minimum Gasteiger partial charge on any atom is -0.317 e. The number of hydrogen-bond acceptors (Lipinski definition) is 2. The lowest BCUT2D eigenvalue weighted by Gasteiger charge is -2.26. The summed E-state index contributed by atoms with van der Waals surface area (Å²) >= 11 is 0. The SMILES string of the molecule is C=CCN(CC=C)CC1CC12CCNCC2. The maximum Gasteiger partial charge on any atom is 0.0164 e. The molecule has 1 N–H and O–H groups in total. The third kappa shape index (κ3) is 2.55. The molecule has 0 bridgehead atoms. The molecule has 1 spiro atoms. The summed E-state index contributed by atoms with van der Waals surface area (Å²) in [5.74, 6) is 0.925. The van der Waals surface area contributed by atoms with Gasteiger partial charge in [-0.15, -0.1) is 13.2 Å². The van der Waals surface area contributed by atoms with Crippen molar-refractivity contribution < 1.29 is 0 Å². The minimum absolute atomic E-state index is 0.700. The van der Waals surface area contributed by atoms with Gasteiger partial charge in [0.05, 0.1) is 0 Å². The molecule has 1 saturated heterocycles. The predicted molar refractivity (Wildman–Crippen MR) is 69.5 cm³/mol. The van der Waals surface area contributed by atoms with Gasteiger partial charge in [0.2, 0.25) is 0 Å². The number of hydrogen-bond donors (Lipinski definition) is 1. The lowest BCUT2D eigenvalue weighted by atomic mass is 9.92. The second-order valence-electron chi connectivity index (χ2n) is 5.31. The van der Waals surface area contributed by atoms with Gasteiger partial charge in [0, 0.05) is 19.6 Å². The Balaban J connectivity index is 1.81. The molecule has 0 aromatic carbocycles. The van der Waals surface area contributed by atoms with Gasteiger partial charge >= 0.3 is 0 Å². The number of piperidine rings is 1. The first-order chi connectivity index (χ1) is 7.80. The third-order valence-corrected chi connectivity index (χ3v) is 4.21. The predicted octanol–water partition coefficient (Wildman–Crippen LogP) is 2.05. The molecule has 2 heteroatoms. The van der Waals surface area contributed by atoms with Crippen LogP contribution in [0.5, 0.6) is 0 Å². The molecule has 0 radical (unpaired) electrons. The van der Waals surface area contributed by atoms with E-state index in [0.29, 0.717) is 5.41 Å². The lowest BCUT2D eigenvalue weighted by molar-refractivity contribution is 0.261. The average Bonchev–Trinajstić information content (AvgIpc) is 2.92. The second-order valence-corrected chi connectivity index (χ2v) is 5.31. The maximum absolute atomic E-state index is 3.83. The summed E-state index contributed by atoms with van der Waals surface area (Å²) in [7, 11) is 0. The molecule has 16 heavy (non-hydrogen) atoms. The van der Waals surface area contributed by atoms with Gasteiger partial charge in [-0.2, -0.15) is 0 Å². The van der Waals surface area contributed by atoms with E-state index in [2.05, 4.69) is 23.4 Å². The summed E-state index contributed by atoms with van der Waals surface area (Å²) in [6.07, 6.45) is 8.21. The van der Waals surface area contributed by atoms with Crippen molar-refractivity contribution in [1.29, 1.82) is 0 Å². The van der Waals surface area contributed by atoms with Gasteiger partial charge in [0.25, 0.3) is 0 Å². The van der Waals surface area contributed by atoms with Crippen molar-refractivity contribution in [3.63, 3.8) is 0 Å². The standard InChI is InChI=1S/C14H24N2/c1-3-9-16(10-4-2)12-13-11-14(13)5-7-15-8-6-14/h3-4,13,15H,1-2,5-12H2. The fourth-order valence-corrected chi connectivity index (χ4v) is 3.13. The van der Waals surface area contributed by atoms with Crippen LogP contribution in [0.25, 0.3) is 0 Å². The highest BCUT2D eigenvalue weighted by Crippen LogP contribution is 2.58. The van der Waals surface area contributed by atoms with Gasteiger partial charge < -0.3 is 5.32 Å². The van der Waals surface area contributed by atoms with Crippen LogP contribution in [0.3, 0.4) is 0 Å². The first-order valence-corrected chi connectivity index (χ1v) is 6.45. The maximum atomic E-state index is 3.83. The number of nitrogens with zero attached hydrogens (tertiary/aromatic N) is 1. The zero-order valence-corrected chi connectivity index (χ0v) is 10.3. The molecule has 1 atom stereocenters. The van der Waals surface area contributed by atoms with E-state index in [0.717, 1.165) is 19.0 Å². The monoisotopic (exact) mass is 220 g/mol. The second kappa shape index (κ2) is 5.15. The summed E-state index contributed by atoms with van der Waals surface area (Å²) < 4.78 is 0. The molecule has 90 valence electrons. The Labute approximate surface area is 99.4 Å². The van der Waals surface area contributed by atoms with Crippen LogP contribution in [0.1, 0.15) is 19.3 Å². The zero-order valence-electron chi connectivity index (χ0n) is 10.3. The van der Waals surface area contributed by atoms with Crippen molar-refractivity contribution >= 4 is 0 Å². The number of nitrogens with one attached hydrogen (secondary N) is 1. The molecule has 2 rings (SSSR count). The van der Waals surface area contributed by atoms with Gasteiger partial charge in [0.1, 0.15) is 0 Å². The normalized spacial score (nSPS) is 26.9. The van der Waals surface area contributed by atoms with Crippen molar-refractivity contribution in [2.45, 2.75) is 19.3 Å². The van der Waals surface area contributed by atoms with Crippen LogP contribution in [0.15, 0.2) is 25.3 Å². The van der Waals surface area contributed by atoms with Gasteiger partial charge in [0.15, 0.2) is 0 Å². The molecule has 2 fully saturated rings. The highest BCUT2D eigenvalue weighted by Gasteiger charge is 2.53. The van der Waals surface area contributed by atoms with Gasteiger partial charge in [-0.05, 0) is 43.7 Å². The van der Waals surface area contributed by atoms with E-state index in [1.54, 1.807) is 0 Å². The molecule has 1 heterocycles. The van der Waals surface area contributed by atoms with Crippen LogP contribution in [-0.4, -0.2) is 37.6 Å². The van der Waals surface area contributed by atoms with E-state index in [1.807, 2.05) is 12.2 Å². The lowest BCUT2D eigenvalue weighted by Crippen LogP contribution is -2.33. The smallest absolute Gasteiger partial charge is 0.0164 e. The van der Waals surface area contributed by atoms with Crippen LogP contribution >= 0.6 is 0 Å².